The van der Waals surface area contributed by atoms with Crippen LogP contribution in [0.15, 0.2) is 47.1 Å². The number of nitrogens with zero attached hydrogens (tertiary/aromatic N) is 2. The number of amides is 1. The first kappa shape index (κ1) is 28.7. The van der Waals surface area contributed by atoms with Crippen molar-refractivity contribution < 1.29 is 31.5 Å². The van der Waals surface area contributed by atoms with Gasteiger partial charge in [0.2, 0.25) is 10.0 Å². The fourth-order valence-electron chi connectivity index (χ4n) is 5.92. The molecule has 226 valence electrons. The van der Waals surface area contributed by atoms with Gasteiger partial charge in [-0.1, -0.05) is 0 Å². The molecule has 3 aliphatic rings. The Morgan fingerprint density at radius 1 is 0.976 bits per heavy atom. The van der Waals surface area contributed by atoms with E-state index in [2.05, 4.69) is 14.9 Å². The summed E-state index contributed by atoms with van der Waals surface area (Å²) in [6, 6.07) is 10.1. The van der Waals surface area contributed by atoms with Crippen molar-refractivity contribution in [2.24, 2.45) is 5.41 Å². The second kappa shape index (κ2) is 10.7. The number of benzene rings is 2. The molecule has 6 rings (SSSR count). The van der Waals surface area contributed by atoms with Gasteiger partial charge in [0.05, 0.1) is 35.6 Å². The summed E-state index contributed by atoms with van der Waals surface area (Å²) in [7, 11) is -3.80. The van der Waals surface area contributed by atoms with Crippen molar-refractivity contribution in [3.8, 4) is 0 Å². The van der Waals surface area contributed by atoms with E-state index in [9.17, 15) is 27.1 Å². The molecule has 3 aromatic rings. The van der Waals surface area contributed by atoms with Crippen molar-refractivity contribution in [3.05, 3.63) is 48.2 Å². The Labute approximate surface area is 243 Å². The van der Waals surface area contributed by atoms with Gasteiger partial charge in [0, 0.05) is 50.0 Å². The molecule has 3 N–H and O–H groups in total. The number of halogens is 2. The van der Waals surface area contributed by atoms with E-state index in [1.807, 2.05) is 4.90 Å². The quantitative estimate of drug-likeness (QED) is 0.315. The van der Waals surface area contributed by atoms with Gasteiger partial charge in [-0.15, -0.1) is 0 Å². The van der Waals surface area contributed by atoms with E-state index in [0.717, 1.165) is 25.9 Å². The third-order valence-electron chi connectivity index (χ3n) is 9.04. The largest absolute Gasteiger partial charge is 0.462 e. The number of piperidine rings is 2. The maximum absolute atomic E-state index is 13.8. The van der Waals surface area contributed by atoms with E-state index in [1.54, 1.807) is 36.4 Å². The topological polar surface area (TPSA) is 115 Å². The van der Waals surface area contributed by atoms with Crippen LogP contribution in [0.25, 0.3) is 11.0 Å². The average Bonchev–Trinajstić information content (AvgIpc) is 3.53. The Kier molecular flexibility index (Phi) is 7.33. The minimum absolute atomic E-state index is 0.154. The van der Waals surface area contributed by atoms with Crippen LogP contribution in [0.4, 0.5) is 31.5 Å². The molecular formula is C30H36F2N4O5S. The molecular weight excluding hydrogens is 566 g/mol. The summed E-state index contributed by atoms with van der Waals surface area (Å²) in [5.74, 6) is -3.07. The highest BCUT2D eigenvalue weighted by Gasteiger charge is 2.44. The molecule has 42 heavy (non-hydrogen) atoms. The highest BCUT2D eigenvalue weighted by Crippen LogP contribution is 2.54. The zero-order valence-electron chi connectivity index (χ0n) is 23.5. The predicted molar refractivity (Wildman–Crippen MR) is 159 cm³/mol. The zero-order valence-corrected chi connectivity index (χ0v) is 24.4. The van der Waals surface area contributed by atoms with Gasteiger partial charge < -0.3 is 24.6 Å². The van der Waals surface area contributed by atoms with Crippen LogP contribution in [-0.2, 0) is 10.0 Å². The van der Waals surface area contributed by atoms with Crippen LogP contribution in [0, 0.1) is 5.41 Å². The number of hydrogen-bond acceptors (Lipinski definition) is 7. The van der Waals surface area contributed by atoms with Gasteiger partial charge in [0.1, 0.15) is 5.25 Å². The van der Waals surface area contributed by atoms with Crippen LogP contribution in [-0.4, -0.2) is 63.4 Å². The molecule has 2 aromatic carbocycles. The van der Waals surface area contributed by atoms with Gasteiger partial charge >= 0.3 is 0 Å². The fourth-order valence-corrected chi connectivity index (χ4v) is 6.78. The van der Waals surface area contributed by atoms with Gasteiger partial charge in [-0.25, -0.2) is 17.2 Å². The minimum Gasteiger partial charge on any atom is -0.462 e. The molecule has 0 unspecified atom stereocenters. The van der Waals surface area contributed by atoms with Gasteiger partial charge in [0.15, 0.2) is 5.58 Å². The van der Waals surface area contributed by atoms with Gasteiger partial charge in [0.25, 0.3) is 11.8 Å². The van der Waals surface area contributed by atoms with Crippen LogP contribution in [0.1, 0.15) is 55.8 Å². The molecule has 1 spiro atoms. The number of aliphatic hydroxyl groups excluding tert-OH is 1. The van der Waals surface area contributed by atoms with E-state index >= 15 is 0 Å². The molecule has 3 fully saturated rings. The van der Waals surface area contributed by atoms with Gasteiger partial charge in [-0.05, 0) is 74.4 Å². The van der Waals surface area contributed by atoms with E-state index < -0.39 is 27.8 Å². The van der Waals surface area contributed by atoms with Gasteiger partial charge in [-0.2, -0.15) is 0 Å². The Morgan fingerprint density at radius 2 is 1.64 bits per heavy atom. The summed E-state index contributed by atoms with van der Waals surface area (Å²) in [5, 5.41) is 12.1. The number of hydrogen-bond donors (Lipinski definition) is 3. The first-order chi connectivity index (χ1) is 20.0. The van der Waals surface area contributed by atoms with Crippen molar-refractivity contribution in [2.75, 3.05) is 52.6 Å². The predicted octanol–water partition coefficient (Wildman–Crippen LogP) is 5.42. The standard InChI is InChI=1S/C30H36F2N4O5S/c1-20(19-37)42(39,40)34-23-2-3-24(25(18-23)35-11-7-29(5-6-29)8-12-35)33-28(38)22-16-21-4-15-41-27(21)26(17-22)36-13-9-30(31,32)10-14-36/h2-4,15-18,20,34,37H,5-14,19H2,1H3,(H,33,38)/t20-/m1/s1. The lowest BCUT2D eigenvalue weighted by atomic mass is 9.93. The minimum atomic E-state index is -3.80. The normalized spacial score (nSPS) is 20.5. The van der Waals surface area contributed by atoms with E-state index in [1.165, 1.54) is 26.0 Å². The van der Waals surface area contributed by atoms with Crippen LogP contribution in [0.2, 0.25) is 0 Å². The summed E-state index contributed by atoms with van der Waals surface area (Å²) in [4.78, 5) is 17.7. The van der Waals surface area contributed by atoms with Crippen molar-refractivity contribution in [2.45, 2.75) is 56.6 Å². The molecule has 3 heterocycles. The van der Waals surface area contributed by atoms with Crippen LogP contribution < -0.4 is 19.8 Å². The highest BCUT2D eigenvalue weighted by atomic mass is 32.2. The van der Waals surface area contributed by atoms with Gasteiger partial charge in [-0.3, -0.25) is 9.52 Å². The Balaban J connectivity index is 1.29. The van der Waals surface area contributed by atoms with E-state index in [0.29, 0.717) is 44.7 Å². The maximum atomic E-state index is 13.8. The number of aliphatic hydroxyl groups is 1. The average molecular weight is 603 g/mol. The van der Waals surface area contributed by atoms with E-state index in [-0.39, 0.29) is 31.8 Å². The molecule has 1 atom stereocenters. The van der Waals surface area contributed by atoms with Crippen molar-refractivity contribution in [1.82, 2.24) is 0 Å². The molecule has 1 saturated carbocycles. The third kappa shape index (κ3) is 5.78. The second-order valence-electron chi connectivity index (χ2n) is 12.0. The monoisotopic (exact) mass is 602 g/mol. The lowest BCUT2D eigenvalue weighted by Crippen LogP contribution is -2.39. The molecule has 0 bridgehead atoms. The van der Waals surface area contributed by atoms with Crippen LogP contribution in [0.5, 0.6) is 0 Å². The third-order valence-corrected chi connectivity index (χ3v) is 10.8. The number of rotatable bonds is 8. The molecule has 1 aliphatic carbocycles. The molecule has 12 heteroatoms. The number of furan rings is 1. The summed E-state index contributed by atoms with van der Waals surface area (Å²) in [6.07, 6.45) is 5.53. The lowest BCUT2D eigenvalue weighted by Gasteiger charge is -2.35. The first-order valence-corrected chi connectivity index (χ1v) is 16.0. The molecule has 0 radical (unpaired) electrons. The number of anilines is 4. The molecule has 1 aromatic heterocycles. The smallest absolute Gasteiger partial charge is 0.255 e. The number of carbonyl (C=O) groups excluding carboxylic acids is 1. The summed E-state index contributed by atoms with van der Waals surface area (Å²) < 4.78 is 61.2. The lowest BCUT2D eigenvalue weighted by molar-refractivity contribution is -0.0220. The van der Waals surface area contributed by atoms with E-state index in [4.69, 9.17) is 4.42 Å². The number of nitrogens with one attached hydrogen (secondary N) is 2. The van der Waals surface area contributed by atoms with Crippen molar-refractivity contribution >= 4 is 49.6 Å². The number of fused-ring (bicyclic) bond motifs is 1. The summed E-state index contributed by atoms with van der Waals surface area (Å²) >= 11 is 0. The van der Waals surface area contributed by atoms with Crippen molar-refractivity contribution in [1.29, 1.82) is 0 Å². The van der Waals surface area contributed by atoms with Crippen LogP contribution >= 0.6 is 0 Å². The zero-order chi connectivity index (χ0) is 29.7. The summed E-state index contributed by atoms with van der Waals surface area (Å²) in [6.45, 7) is 2.81. The SMILES string of the molecule is C[C@H](CO)S(=O)(=O)Nc1ccc(NC(=O)c2cc(N3CCC(F)(F)CC3)c3occc3c2)c(N2CCC3(CC2)CC3)c1. The number of alkyl halides is 2. The Bertz CT molecular complexity index is 1580. The number of carbonyl (C=O) groups is 1. The first-order valence-electron chi connectivity index (χ1n) is 14.4. The molecule has 9 nitrogen and oxygen atoms in total. The highest BCUT2D eigenvalue weighted by molar-refractivity contribution is 7.93. The molecule has 2 saturated heterocycles. The maximum Gasteiger partial charge on any atom is 0.255 e. The summed E-state index contributed by atoms with van der Waals surface area (Å²) in [5.41, 5.74) is 3.53. The molecule has 1 amide bonds. The number of sulfonamides is 1. The van der Waals surface area contributed by atoms with Crippen molar-refractivity contribution in [3.63, 3.8) is 0 Å². The van der Waals surface area contributed by atoms with Crippen LogP contribution in [0.3, 0.4) is 0 Å². The second-order valence-corrected chi connectivity index (χ2v) is 14.1. The molecule has 2 aliphatic heterocycles. The Hall–Kier alpha value is -3.38. The Morgan fingerprint density at radius 3 is 2.31 bits per heavy atom. The fraction of sp³-hybridized carbons (Fsp3) is 0.500.